The number of aryl methyl sites for hydroxylation is 1. The number of hydrogen-bond donors (Lipinski definition) is 2. The Labute approximate surface area is 171 Å². The number of carbonyl (C=O) groups is 3. The molecular weight excluding hydrogens is 405 g/mol. The van der Waals surface area contributed by atoms with Gasteiger partial charge in [-0.25, -0.2) is 4.68 Å². The van der Waals surface area contributed by atoms with Crippen molar-refractivity contribution in [2.24, 2.45) is 11.5 Å². The van der Waals surface area contributed by atoms with Crippen molar-refractivity contribution < 1.29 is 14.4 Å². The van der Waals surface area contributed by atoms with Crippen molar-refractivity contribution in [3.8, 4) is 0 Å². The minimum absolute atomic E-state index is 0.341. The van der Waals surface area contributed by atoms with Gasteiger partial charge in [0, 0.05) is 16.7 Å². The lowest BCUT2D eigenvalue weighted by atomic mass is 10.2. The highest BCUT2D eigenvalue weighted by Crippen LogP contribution is 2.23. The van der Waals surface area contributed by atoms with Gasteiger partial charge in [-0.3, -0.25) is 14.4 Å². The van der Waals surface area contributed by atoms with E-state index in [1.165, 1.54) is 12.2 Å². The van der Waals surface area contributed by atoms with E-state index >= 15 is 0 Å². The van der Waals surface area contributed by atoms with Crippen molar-refractivity contribution in [2.45, 2.75) is 13.5 Å². The van der Waals surface area contributed by atoms with Crippen LogP contribution in [0.4, 0.5) is 0 Å². The van der Waals surface area contributed by atoms with Crippen LogP contribution in [-0.4, -0.2) is 45.5 Å². The Balaban J connectivity index is 2.19. The van der Waals surface area contributed by atoms with Crippen LogP contribution in [-0.2, 0) is 20.9 Å². The van der Waals surface area contributed by atoms with Gasteiger partial charge in [-0.2, -0.15) is 5.10 Å². The minimum Gasteiger partial charge on any atom is -0.368 e. The van der Waals surface area contributed by atoms with Crippen LogP contribution in [0.25, 0.3) is 6.08 Å². The van der Waals surface area contributed by atoms with Crippen LogP contribution in [0.15, 0.2) is 30.3 Å². The van der Waals surface area contributed by atoms with Gasteiger partial charge in [-0.15, -0.1) is 0 Å². The van der Waals surface area contributed by atoms with Gasteiger partial charge in [0.1, 0.15) is 18.2 Å². The quantitative estimate of drug-likeness (QED) is 0.621. The molecule has 8 nitrogen and oxygen atoms in total. The van der Waals surface area contributed by atoms with Crippen molar-refractivity contribution in [2.75, 3.05) is 13.1 Å². The molecule has 0 aliphatic rings. The lowest BCUT2D eigenvalue weighted by Crippen LogP contribution is -2.42. The van der Waals surface area contributed by atoms with Crippen molar-refractivity contribution in [3.63, 3.8) is 0 Å². The zero-order valence-electron chi connectivity index (χ0n) is 15.1. The third kappa shape index (κ3) is 5.83. The number of amides is 3. The summed E-state index contributed by atoms with van der Waals surface area (Å²) < 4.78 is 1.59. The molecule has 0 aliphatic heterocycles. The highest BCUT2D eigenvalue weighted by molar-refractivity contribution is 6.31. The fourth-order valence-electron chi connectivity index (χ4n) is 2.47. The fraction of sp³-hybridized carbons (Fsp3) is 0.222. The summed E-state index contributed by atoms with van der Waals surface area (Å²) in [6.07, 6.45) is 2.66. The van der Waals surface area contributed by atoms with Crippen LogP contribution < -0.4 is 11.5 Å². The predicted octanol–water partition coefficient (Wildman–Crippen LogP) is 1.36. The number of primary amides is 2. The first kappa shape index (κ1) is 21.5. The Kier molecular flexibility index (Phi) is 7.19. The second-order valence-electron chi connectivity index (χ2n) is 6.03. The average Bonchev–Trinajstić information content (AvgIpc) is 2.87. The summed E-state index contributed by atoms with van der Waals surface area (Å²) in [6.45, 7) is 1.33. The molecule has 2 aromatic rings. The summed E-state index contributed by atoms with van der Waals surface area (Å²) >= 11 is 12.3. The standard InChI is InChI=1S/C18H19Cl2N5O3/c1-11-14(6-7-17(28)24(9-15(21)26)10-16(22)27)18(20)25(23-11)8-12-2-4-13(19)5-3-12/h2-7H,8-10H2,1H3,(H2,21,26)(H2,22,27)/b7-6+. The van der Waals surface area contributed by atoms with Crippen LogP contribution in [0.3, 0.4) is 0 Å². The maximum absolute atomic E-state index is 12.3. The Hall–Kier alpha value is -2.84. The van der Waals surface area contributed by atoms with E-state index < -0.39 is 30.8 Å². The Morgan fingerprint density at radius 1 is 1.11 bits per heavy atom. The second kappa shape index (κ2) is 9.38. The normalized spacial score (nSPS) is 11.0. The molecule has 28 heavy (non-hydrogen) atoms. The highest BCUT2D eigenvalue weighted by Gasteiger charge is 2.17. The first-order chi connectivity index (χ1) is 13.2. The highest BCUT2D eigenvalue weighted by atomic mass is 35.5. The molecule has 0 saturated heterocycles. The first-order valence-corrected chi connectivity index (χ1v) is 8.94. The van der Waals surface area contributed by atoms with E-state index in [9.17, 15) is 14.4 Å². The molecule has 1 aromatic heterocycles. The Morgan fingerprint density at radius 2 is 1.68 bits per heavy atom. The zero-order valence-corrected chi connectivity index (χ0v) is 16.6. The number of nitrogens with two attached hydrogens (primary N) is 2. The van der Waals surface area contributed by atoms with Gasteiger partial charge in [0.2, 0.25) is 17.7 Å². The van der Waals surface area contributed by atoms with E-state index in [0.717, 1.165) is 10.5 Å². The van der Waals surface area contributed by atoms with Gasteiger partial charge in [0.05, 0.1) is 12.2 Å². The molecule has 10 heteroatoms. The number of hydrogen-bond acceptors (Lipinski definition) is 4. The van der Waals surface area contributed by atoms with Gasteiger partial charge in [0.25, 0.3) is 0 Å². The van der Waals surface area contributed by atoms with Crippen LogP contribution >= 0.6 is 23.2 Å². The van der Waals surface area contributed by atoms with Crippen LogP contribution in [0.2, 0.25) is 10.2 Å². The van der Waals surface area contributed by atoms with Crippen LogP contribution in [0.1, 0.15) is 16.8 Å². The molecule has 1 aromatic carbocycles. The molecular formula is C18H19Cl2N5O3. The lowest BCUT2D eigenvalue weighted by Gasteiger charge is -2.17. The number of halogens is 2. The van der Waals surface area contributed by atoms with Crippen molar-refractivity contribution >= 4 is 47.0 Å². The molecule has 1 heterocycles. The first-order valence-electron chi connectivity index (χ1n) is 8.18. The number of carbonyl (C=O) groups excluding carboxylic acids is 3. The SMILES string of the molecule is Cc1nn(Cc2ccc(Cl)cc2)c(Cl)c1/C=C/C(=O)N(CC(N)=O)CC(N)=O. The molecule has 0 fully saturated rings. The molecule has 0 bridgehead atoms. The maximum atomic E-state index is 12.3. The summed E-state index contributed by atoms with van der Waals surface area (Å²) in [4.78, 5) is 35.4. The number of benzene rings is 1. The number of rotatable bonds is 8. The van der Waals surface area contributed by atoms with Crippen LogP contribution in [0, 0.1) is 6.92 Å². The summed E-state index contributed by atoms with van der Waals surface area (Å²) in [5.41, 5.74) is 12.3. The number of aromatic nitrogens is 2. The second-order valence-corrected chi connectivity index (χ2v) is 6.83. The predicted molar refractivity (Wildman–Crippen MR) is 107 cm³/mol. The summed E-state index contributed by atoms with van der Waals surface area (Å²) in [5, 5.41) is 5.35. The molecule has 0 atom stereocenters. The number of nitrogens with zero attached hydrogens (tertiary/aromatic N) is 3. The average molecular weight is 424 g/mol. The molecule has 0 unspecified atom stereocenters. The minimum atomic E-state index is -0.756. The van der Waals surface area contributed by atoms with Gasteiger partial charge >= 0.3 is 0 Å². The maximum Gasteiger partial charge on any atom is 0.247 e. The van der Waals surface area contributed by atoms with Gasteiger partial charge < -0.3 is 16.4 Å². The van der Waals surface area contributed by atoms with Gasteiger partial charge in [-0.1, -0.05) is 35.3 Å². The molecule has 0 radical (unpaired) electrons. The third-order valence-corrected chi connectivity index (χ3v) is 4.40. The summed E-state index contributed by atoms with van der Waals surface area (Å²) in [5.74, 6) is -2.11. The largest absolute Gasteiger partial charge is 0.368 e. The molecule has 0 saturated carbocycles. The third-order valence-electron chi connectivity index (χ3n) is 3.75. The van der Waals surface area contributed by atoms with E-state index in [2.05, 4.69) is 5.10 Å². The van der Waals surface area contributed by atoms with Crippen molar-refractivity contribution in [3.05, 3.63) is 57.3 Å². The Morgan fingerprint density at radius 3 is 2.21 bits per heavy atom. The molecule has 2 rings (SSSR count). The van der Waals surface area contributed by atoms with E-state index in [1.54, 1.807) is 23.7 Å². The molecule has 148 valence electrons. The van der Waals surface area contributed by atoms with Crippen molar-refractivity contribution in [1.29, 1.82) is 0 Å². The van der Waals surface area contributed by atoms with E-state index in [0.29, 0.717) is 28.0 Å². The summed E-state index contributed by atoms with van der Waals surface area (Å²) in [7, 11) is 0. The van der Waals surface area contributed by atoms with Gasteiger partial charge in [0.15, 0.2) is 0 Å². The van der Waals surface area contributed by atoms with Crippen LogP contribution in [0.5, 0.6) is 0 Å². The fourth-order valence-corrected chi connectivity index (χ4v) is 2.90. The smallest absolute Gasteiger partial charge is 0.247 e. The molecule has 4 N–H and O–H groups in total. The molecule has 0 aliphatic carbocycles. The monoisotopic (exact) mass is 423 g/mol. The van der Waals surface area contributed by atoms with E-state index in [-0.39, 0.29) is 0 Å². The topological polar surface area (TPSA) is 124 Å². The zero-order chi connectivity index (χ0) is 20.8. The Bertz CT molecular complexity index is 906. The molecule has 3 amide bonds. The summed E-state index contributed by atoms with van der Waals surface area (Å²) in [6, 6.07) is 7.26. The van der Waals surface area contributed by atoms with Gasteiger partial charge in [-0.05, 0) is 30.7 Å². The van der Waals surface area contributed by atoms with E-state index in [1.807, 2.05) is 12.1 Å². The molecule has 0 spiro atoms. The van der Waals surface area contributed by atoms with E-state index in [4.69, 9.17) is 34.7 Å². The van der Waals surface area contributed by atoms with Crippen molar-refractivity contribution in [1.82, 2.24) is 14.7 Å². The lowest BCUT2D eigenvalue weighted by molar-refractivity contribution is -0.134.